The molecule has 3 rings (SSSR count). The number of thiazole rings is 1. The van der Waals surface area contributed by atoms with Gasteiger partial charge in [-0.1, -0.05) is 17.4 Å². The zero-order chi connectivity index (χ0) is 18.5. The summed E-state index contributed by atoms with van der Waals surface area (Å²) in [5.74, 6) is 0.257. The van der Waals surface area contributed by atoms with Crippen molar-refractivity contribution in [3.63, 3.8) is 0 Å². The molecule has 1 N–H and O–H groups in total. The number of esters is 1. The number of amides is 1. The Morgan fingerprint density at radius 2 is 2.15 bits per heavy atom. The number of rotatable bonds is 7. The van der Waals surface area contributed by atoms with E-state index in [-0.39, 0.29) is 5.91 Å². The van der Waals surface area contributed by atoms with E-state index < -0.39 is 5.97 Å². The van der Waals surface area contributed by atoms with E-state index in [1.54, 1.807) is 13.8 Å². The van der Waals surface area contributed by atoms with Crippen LogP contribution in [0.15, 0.2) is 24.4 Å². The molecule has 3 aromatic heterocycles. The first-order valence-electron chi connectivity index (χ1n) is 8.31. The van der Waals surface area contributed by atoms with Crippen LogP contribution in [-0.4, -0.2) is 38.1 Å². The molecule has 0 radical (unpaired) electrons. The highest BCUT2D eigenvalue weighted by atomic mass is 32.1. The van der Waals surface area contributed by atoms with Gasteiger partial charge in [-0.2, -0.15) is 0 Å². The molecule has 0 bridgehead atoms. The quantitative estimate of drug-likeness (QED) is 0.639. The summed E-state index contributed by atoms with van der Waals surface area (Å²) in [4.78, 5) is 28.5. The van der Waals surface area contributed by atoms with Crippen molar-refractivity contribution in [1.82, 2.24) is 19.6 Å². The van der Waals surface area contributed by atoms with Gasteiger partial charge in [0.25, 0.3) is 0 Å². The molecule has 0 atom stereocenters. The molecule has 9 heteroatoms. The van der Waals surface area contributed by atoms with Crippen LogP contribution in [0.3, 0.4) is 0 Å². The lowest BCUT2D eigenvalue weighted by molar-refractivity contribution is -0.116. The predicted octanol–water partition coefficient (Wildman–Crippen LogP) is 2.63. The zero-order valence-electron chi connectivity index (χ0n) is 14.6. The Morgan fingerprint density at radius 3 is 2.96 bits per heavy atom. The lowest BCUT2D eigenvalue weighted by Gasteiger charge is -2.01. The van der Waals surface area contributed by atoms with Crippen molar-refractivity contribution in [2.45, 2.75) is 33.1 Å². The third kappa shape index (κ3) is 4.05. The number of hydrogen-bond acceptors (Lipinski definition) is 7. The van der Waals surface area contributed by atoms with Gasteiger partial charge >= 0.3 is 5.97 Å². The van der Waals surface area contributed by atoms with Gasteiger partial charge in [0.1, 0.15) is 10.7 Å². The molecular formula is C17H19N5O3S. The Bertz CT molecular complexity index is 934. The normalized spacial score (nSPS) is 10.8. The fraction of sp³-hybridized carbons (Fsp3) is 0.353. The molecule has 0 aliphatic carbocycles. The Labute approximate surface area is 154 Å². The van der Waals surface area contributed by atoms with Gasteiger partial charge in [0.2, 0.25) is 5.91 Å². The molecule has 26 heavy (non-hydrogen) atoms. The van der Waals surface area contributed by atoms with Gasteiger partial charge in [-0.15, -0.1) is 10.2 Å². The Hall–Kier alpha value is -2.81. The fourth-order valence-corrected chi connectivity index (χ4v) is 3.36. The summed E-state index contributed by atoms with van der Waals surface area (Å²) in [6.45, 7) is 3.76. The van der Waals surface area contributed by atoms with Crippen LogP contribution in [0.25, 0.3) is 5.65 Å². The lowest BCUT2D eigenvalue weighted by Crippen LogP contribution is -2.11. The number of nitrogens with one attached hydrogen (secondary N) is 1. The molecule has 0 aromatic carbocycles. The smallest absolute Gasteiger partial charge is 0.350 e. The van der Waals surface area contributed by atoms with E-state index in [4.69, 9.17) is 4.74 Å². The van der Waals surface area contributed by atoms with Crippen LogP contribution in [0.5, 0.6) is 0 Å². The summed E-state index contributed by atoms with van der Waals surface area (Å²) in [5, 5.41) is 11.4. The second kappa shape index (κ2) is 8.05. The second-order valence-corrected chi connectivity index (χ2v) is 6.60. The average molecular weight is 373 g/mol. The number of carbonyl (C=O) groups is 2. The molecule has 0 unspecified atom stereocenters. The maximum atomic E-state index is 12.1. The number of ether oxygens (including phenoxy) is 1. The summed E-state index contributed by atoms with van der Waals surface area (Å²) in [6, 6.07) is 5.70. The van der Waals surface area contributed by atoms with Crippen molar-refractivity contribution < 1.29 is 14.3 Å². The van der Waals surface area contributed by atoms with E-state index >= 15 is 0 Å². The largest absolute Gasteiger partial charge is 0.462 e. The Kier molecular flexibility index (Phi) is 5.57. The maximum absolute atomic E-state index is 12.1. The van der Waals surface area contributed by atoms with Crippen molar-refractivity contribution >= 4 is 34.0 Å². The minimum atomic E-state index is -0.415. The number of aryl methyl sites for hydroxylation is 2. The lowest BCUT2D eigenvalue weighted by atomic mass is 10.2. The molecular weight excluding hydrogens is 354 g/mol. The molecule has 0 saturated carbocycles. The molecule has 3 heterocycles. The van der Waals surface area contributed by atoms with Gasteiger partial charge in [-0.3, -0.25) is 9.20 Å². The van der Waals surface area contributed by atoms with Gasteiger partial charge in [-0.05, 0) is 32.4 Å². The highest BCUT2D eigenvalue weighted by Crippen LogP contribution is 2.23. The molecule has 0 spiro atoms. The van der Waals surface area contributed by atoms with Crippen molar-refractivity contribution in [2.24, 2.45) is 0 Å². The SMILES string of the molecule is CCOC(=O)c1sc(NC(=O)CCCc2nnc3ccccn23)nc1C. The van der Waals surface area contributed by atoms with Crippen LogP contribution in [0, 0.1) is 6.92 Å². The van der Waals surface area contributed by atoms with Crippen molar-refractivity contribution in [3.05, 3.63) is 40.8 Å². The van der Waals surface area contributed by atoms with Crippen LogP contribution in [0.4, 0.5) is 5.13 Å². The summed E-state index contributed by atoms with van der Waals surface area (Å²) in [5.41, 5.74) is 1.34. The summed E-state index contributed by atoms with van der Waals surface area (Å²) in [6.07, 6.45) is 3.51. The Balaban J connectivity index is 1.53. The summed E-state index contributed by atoms with van der Waals surface area (Å²) < 4.78 is 6.88. The number of anilines is 1. The topological polar surface area (TPSA) is 98.5 Å². The van der Waals surface area contributed by atoms with E-state index in [1.807, 2.05) is 28.8 Å². The number of fused-ring (bicyclic) bond motifs is 1. The first-order valence-corrected chi connectivity index (χ1v) is 9.13. The standard InChI is InChI=1S/C17H19N5O3S/c1-3-25-16(24)15-11(2)18-17(26-15)19-14(23)9-6-8-13-21-20-12-7-4-5-10-22(12)13/h4-5,7,10H,3,6,8-9H2,1-2H3,(H,18,19,23). The fourth-order valence-electron chi connectivity index (χ4n) is 2.49. The van der Waals surface area contributed by atoms with Gasteiger partial charge in [-0.25, -0.2) is 9.78 Å². The molecule has 8 nitrogen and oxygen atoms in total. The van der Waals surface area contributed by atoms with Gasteiger partial charge in [0.15, 0.2) is 10.8 Å². The predicted molar refractivity (Wildman–Crippen MR) is 97.4 cm³/mol. The monoisotopic (exact) mass is 373 g/mol. The van der Waals surface area contributed by atoms with Gasteiger partial charge < -0.3 is 10.1 Å². The highest BCUT2D eigenvalue weighted by molar-refractivity contribution is 7.17. The minimum absolute atomic E-state index is 0.150. The Morgan fingerprint density at radius 1 is 1.31 bits per heavy atom. The van der Waals surface area contributed by atoms with E-state index in [0.29, 0.717) is 41.6 Å². The molecule has 136 valence electrons. The third-order valence-corrected chi connectivity index (χ3v) is 4.75. The van der Waals surface area contributed by atoms with Gasteiger partial charge in [0, 0.05) is 19.0 Å². The molecule has 0 fully saturated rings. The third-order valence-electron chi connectivity index (χ3n) is 3.69. The first kappa shape index (κ1) is 18.0. The van der Waals surface area contributed by atoms with Crippen LogP contribution in [0.2, 0.25) is 0 Å². The molecule has 0 saturated heterocycles. The summed E-state index contributed by atoms with van der Waals surface area (Å²) >= 11 is 1.12. The van der Waals surface area contributed by atoms with Crippen LogP contribution < -0.4 is 5.32 Å². The van der Waals surface area contributed by atoms with E-state index in [9.17, 15) is 9.59 Å². The molecule has 3 aromatic rings. The van der Waals surface area contributed by atoms with Crippen molar-refractivity contribution in [1.29, 1.82) is 0 Å². The number of pyridine rings is 1. The maximum Gasteiger partial charge on any atom is 0.350 e. The number of nitrogens with zero attached hydrogens (tertiary/aromatic N) is 4. The second-order valence-electron chi connectivity index (χ2n) is 5.60. The van der Waals surface area contributed by atoms with E-state index in [1.165, 1.54) is 0 Å². The summed E-state index contributed by atoms with van der Waals surface area (Å²) in [7, 11) is 0. The van der Waals surface area contributed by atoms with Crippen LogP contribution >= 0.6 is 11.3 Å². The van der Waals surface area contributed by atoms with Crippen LogP contribution in [0.1, 0.15) is 41.0 Å². The molecule has 0 aliphatic rings. The van der Waals surface area contributed by atoms with E-state index in [2.05, 4.69) is 20.5 Å². The number of carbonyl (C=O) groups excluding carboxylic acids is 2. The number of hydrogen-bond donors (Lipinski definition) is 1. The molecule has 1 amide bonds. The van der Waals surface area contributed by atoms with Crippen molar-refractivity contribution in [3.8, 4) is 0 Å². The average Bonchev–Trinajstić information content (AvgIpc) is 3.19. The number of aromatic nitrogens is 4. The molecule has 0 aliphatic heterocycles. The minimum Gasteiger partial charge on any atom is -0.462 e. The van der Waals surface area contributed by atoms with E-state index in [0.717, 1.165) is 22.8 Å². The van der Waals surface area contributed by atoms with Crippen LogP contribution in [-0.2, 0) is 16.0 Å². The van der Waals surface area contributed by atoms with Gasteiger partial charge in [0.05, 0.1) is 12.3 Å². The first-order chi connectivity index (χ1) is 12.6. The highest BCUT2D eigenvalue weighted by Gasteiger charge is 2.17. The van der Waals surface area contributed by atoms with Crippen molar-refractivity contribution in [2.75, 3.05) is 11.9 Å². The zero-order valence-corrected chi connectivity index (χ0v) is 15.4.